The molecule has 1 atom stereocenters. The monoisotopic (exact) mass is 242 g/mol. The third kappa shape index (κ3) is 7.74. The number of hydrogen-bond donors (Lipinski definition) is 1. The van der Waals surface area contributed by atoms with E-state index in [1.807, 2.05) is 0 Å². The summed E-state index contributed by atoms with van der Waals surface area (Å²) in [5.41, 5.74) is 0.264. The second kappa shape index (κ2) is 7.34. The SMILES string of the molecule is CC1CN(CCCCCNC(C)(C)C)CCO1. The topological polar surface area (TPSA) is 24.5 Å². The normalized spacial score (nSPS) is 22.9. The van der Waals surface area contributed by atoms with E-state index in [1.54, 1.807) is 0 Å². The van der Waals surface area contributed by atoms with Gasteiger partial charge in [0.05, 0.1) is 12.7 Å². The van der Waals surface area contributed by atoms with Gasteiger partial charge in [-0.15, -0.1) is 0 Å². The van der Waals surface area contributed by atoms with Gasteiger partial charge in [-0.05, 0) is 53.6 Å². The van der Waals surface area contributed by atoms with E-state index in [9.17, 15) is 0 Å². The molecule has 1 N–H and O–H groups in total. The molecule has 0 aliphatic carbocycles. The zero-order valence-electron chi connectivity index (χ0n) is 12.1. The van der Waals surface area contributed by atoms with E-state index in [0.29, 0.717) is 6.10 Å². The smallest absolute Gasteiger partial charge is 0.0674 e. The van der Waals surface area contributed by atoms with Crippen LogP contribution in [0.1, 0.15) is 47.0 Å². The first-order chi connectivity index (χ1) is 7.97. The summed E-state index contributed by atoms with van der Waals surface area (Å²) in [7, 11) is 0. The van der Waals surface area contributed by atoms with Gasteiger partial charge >= 0.3 is 0 Å². The fourth-order valence-corrected chi connectivity index (χ4v) is 2.19. The lowest BCUT2D eigenvalue weighted by Crippen LogP contribution is -2.41. The van der Waals surface area contributed by atoms with Crippen LogP contribution in [0.25, 0.3) is 0 Å². The van der Waals surface area contributed by atoms with Crippen molar-refractivity contribution in [1.29, 1.82) is 0 Å². The van der Waals surface area contributed by atoms with Crippen molar-refractivity contribution >= 4 is 0 Å². The maximum absolute atomic E-state index is 5.54. The van der Waals surface area contributed by atoms with Gasteiger partial charge in [-0.1, -0.05) is 6.42 Å². The Morgan fingerprint density at radius 2 is 2.00 bits per heavy atom. The number of morpholine rings is 1. The van der Waals surface area contributed by atoms with Crippen LogP contribution in [0.5, 0.6) is 0 Å². The van der Waals surface area contributed by atoms with Crippen LogP contribution in [-0.2, 0) is 4.74 Å². The Bertz CT molecular complexity index is 201. The Morgan fingerprint density at radius 1 is 1.24 bits per heavy atom. The van der Waals surface area contributed by atoms with Gasteiger partial charge in [0.15, 0.2) is 0 Å². The summed E-state index contributed by atoms with van der Waals surface area (Å²) < 4.78 is 5.54. The van der Waals surface area contributed by atoms with Crippen molar-refractivity contribution in [3.8, 4) is 0 Å². The fraction of sp³-hybridized carbons (Fsp3) is 1.00. The lowest BCUT2D eigenvalue weighted by atomic mass is 10.1. The average Bonchev–Trinajstić information content (AvgIpc) is 2.22. The van der Waals surface area contributed by atoms with Gasteiger partial charge in [0.25, 0.3) is 0 Å². The predicted octanol–water partition coefficient (Wildman–Crippen LogP) is 2.27. The van der Waals surface area contributed by atoms with Gasteiger partial charge in [-0.25, -0.2) is 0 Å². The maximum Gasteiger partial charge on any atom is 0.0674 e. The Balaban J connectivity index is 1.93. The lowest BCUT2D eigenvalue weighted by molar-refractivity contribution is -0.0186. The molecule has 0 aromatic rings. The van der Waals surface area contributed by atoms with Crippen molar-refractivity contribution in [3.05, 3.63) is 0 Å². The van der Waals surface area contributed by atoms with Crippen LogP contribution >= 0.6 is 0 Å². The lowest BCUT2D eigenvalue weighted by Gasteiger charge is -2.31. The van der Waals surface area contributed by atoms with E-state index in [2.05, 4.69) is 37.9 Å². The third-order valence-corrected chi connectivity index (χ3v) is 3.13. The highest BCUT2D eigenvalue weighted by molar-refractivity contribution is 4.70. The first-order valence-corrected chi connectivity index (χ1v) is 7.06. The van der Waals surface area contributed by atoms with Crippen molar-refractivity contribution < 1.29 is 4.74 Å². The van der Waals surface area contributed by atoms with Gasteiger partial charge < -0.3 is 10.1 Å². The van der Waals surface area contributed by atoms with Crippen molar-refractivity contribution in [1.82, 2.24) is 10.2 Å². The Hall–Kier alpha value is -0.120. The summed E-state index contributed by atoms with van der Waals surface area (Å²) in [6, 6.07) is 0. The zero-order valence-corrected chi connectivity index (χ0v) is 12.1. The molecule has 0 aromatic carbocycles. The van der Waals surface area contributed by atoms with Crippen molar-refractivity contribution in [2.45, 2.75) is 58.6 Å². The standard InChI is InChI=1S/C14H30N2O/c1-13-12-16(10-11-17-13)9-7-5-6-8-15-14(2,3)4/h13,15H,5-12H2,1-4H3. The molecule has 1 aliphatic heterocycles. The van der Waals surface area contributed by atoms with Crippen LogP contribution in [0.2, 0.25) is 0 Å². The molecule has 1 saturated heterocycles. The number of nitrogens with zero attached hydrogens (tertiary/aromatic N) is 1. The van der Waals surface area contributed by atoms with E-state index in [-0.39, 0.29) is 5.54 Å². The molecule has 1 heterocycles. The molecule has 0 spiro atoms. The Kier molecular flexibility index (Phi) is 6.45. The molecule has 1 aliphatic rings. The first-order valence-electron chi connectivity index (χ1n) is 7.06. The highest BCUT2D eigenvalue weighted by Crippen LogP contribution is 2.07. The zero-order chi connectivity index (χ0) is 12.7. The van der Waals surface area contributed by atoms with E-state index < -0.39 is 0 Å². The molecule has 3 nitrogen and oxygen atoms in total. The van der Waals surface area contributed by atoms with E-state index in [1.165, 1.54) is 25.8 Å². The molecular formula is C14H30N2O. The molecule has 1 rings (SSSR count). The number of unbranched alkanes of at least 4 members (excludes halogenated alkanes) is 2. The Labute approximate surface area is 107 Å². The van der Waals surface area contributed by atoms with Crippen LogP contribution in [0.15, 0.2) is 0 Å². The van der Waals surface area contributed by atoms with E-state index in [0.717, 1.165) is 26.2 Å². The van der Waals surface area contributed by atoms with Crippen LogP contribution in [0.3, 0.4) is 0 Å². The molecule has 0 radical (unpaired) electrons. The summed E-state index contributed by atoms with van der Waals surface area (Å²) in [6.07, 6.45) is 4.36. The summed E-state index contributed by atoms with van der Waals surface area (Å²) in [6.45, 7) is 14.4. The molecule has 1 unspecified atom stereocenters. The molecule has 3 heteroatoms. The van der Waals surface area contributed by atoms with Crippen LogP contribution in [-0.4, -0.2) is 49.3 Å². The predicted molar refractivity (Wildman–Crippen MR) is 73.5 cm³/mol. The van der Waals surface area contributed by atoms with E-state index >= 15 is 0 Å². The number of nitrogens with one attached hydrogen (secondary N) is 1. The molecule has 0 saturated carbocycles. The summed E-state index contributed by atoms with van der Waals surface area (Å²) >= 11 is 0. The third-order valence-electron chi connectivity index (χ3n) is 3.13. The van der Waals surface area contributed by atoms with Gasteiger partial charge in [0, 0.05) is 18.6 Å². The number of ether oxygens (including phenoxy) is 1. The summed E-state index contributed by atoms with van der Waals surface area (Å²) in [5.74, 6) is 0. The van der Waals surface area contributed by atoms with E-state index in [4.69, 9.17) is 4.74 Å². The van der Waals surface area contributed by atoms with Crippen LogP contribution < -0.4 is 5.32 Å². The van der Waals surface area contributed by atoms with Crippen molar-refractivity contribution in [3.63, 3.8) is 0 Å². The van der Waals surface area contributed by atoms with Gasteiger partial charge in [-0.2, -0.15) is 0 Å². The summed E-state index contributed by atoms with van der Waals surface area (Å²) in [4.78, 5) is 2.53. The average molecular weight is 242 g/mol. The van der Waals surface area contributed by atoms with Crippen LogP contribution in [0.4, 0.5) is 0 Å². The quantitative estimate of drug-likeness (QED) is 0.723. The van der Waals surface area contributed by atoms with Gasteiger partial charge in [-0.3, -0.25) is 4.90 Å². The van der Waals surface area contributed by atoms with Gasteiger partial charge in [0.2, 0.25) is 0 Å². The minimum atomic E-state index is 0.264. The molecule has 0 bridgehead atoms. The molecule has 17 heavy (non-hydrogen) atoms. The molecule has 0 amide bonds. The second-order valence-electron chi connectivity index (χ2n) is 6.22. The molecule has 0 aromatic heterocycles. The highest BCUT2D eigenvalue weighted by atomic mass is 16.5. The van der Waals surface area contributed by atoms with Crippen LogP contribution in [0, 0.1) is 0 Å². The summed E-state index contributed by atoms with van der Waals surface area (Å²) in [5, 5.41) is 3.53. The second-order valence-corrected chi connectivity index (χ2v) is 6.22. The number of hydrogen-bond acceptors (Lipinski definition) is 3. The largest absolute Gasteiger partial charge is 0.376 e. The Morgan fingerprint density at radius 3 is 2.65 bits per heavy atom. The number of rotatable bonds is 6. The fourth-order valence-electron chi connectivity index (χ4n) is 2.19. The van der Waals surface area contributed by atoms with Crippen molar-refractivity contribution in [2.24, 2.45) is 0 Å². The van der Waals surface area contributed by atoms with Crippen molar-refractivity contribution in [2.75, 3.05) is 32.8 Å². The molecular weight excluding hydrogens is 212 g/mol. The minimum Gasteiger partial charge on any atom is -0.376 e. The highest BCUT2D eigenvalue weighted by Gasteiger charge is 2.15. The molecule has 102 valence electrons. The molecule has 1 fully saturated rings. The van der Waals surface area contributed by atoms with Gasteiger partial charge in [0.1, 0.15) is 0 Å². The minimum absolute atomic E-state index is 0.264. The maximum atomic E-state index is 5.54. The first kappa shape index (κ1) is 14.9.